The summed E-state index contributed by atoms with van der Waals surface area (Å²) in [6, 6.07) is 9.96. The van der Waals surface area contributed by atoms with Crippen LogP contribution in [0.5, 0.6) is 0 Å². The fraction of sp³-hybridized carbons (Fsp3) is 0.617. The fourth-order valence-electron chi connectivity index (χ4n) is 13.2. The number of carbonyl (C=O) groups excluding carboxylic acids is 3. The van der Waals surface area contributed by atoms with Crippen molar-refractivity contribution in [2.24, 2.45) is 23.2 Å². The smallest absolute Gasteiger partial charge is 0.310 e. The highest BCUT2D eigenvalue weighted by atomic mass is 32.1. The zero-order valence-corrected chi connectivity index (χ0v) is 47.5. The molecule has 4 saturated heterocycles. The van der Waals surface area contributed by atoms with Crippen molar-refractivity contribution < 1.29 is 38.1 Å². The van der Waals surface area contributed by atoms with E-state index >= 15 is 4.79 Å². The van der Waals surface area contributed by atoms with Gasteiger partial charge in [-0.3, -0.25) is 29.2 Å². The zero-order chi connectivity index (χ0) is 54.4. The number of thiazole rings is 1. The number of piperazine rings is 1. The molecule has 2 aliphatic carbocycles. The molecule has 1 N–H and O–H groups in total. The number of benzene rings is 1. The van der Waals surface area contributed by atoms with Crippen molar-refractivity contribution in [3.63, 3.8) is 0 Å². The van der Waals surface area contributed by atoms with Crippen LogP contribution in [0, 0.1) is 23.2 Å². The molecule has 5 aliphatic heterocycles. The van der Waals surface area contributed by atoms with Gasteiger partial charge >= 0.3 is 5.97 Å². The number of esters is 1. The first-order chi connectivity index (χ1) is 38.4. The topological polar surface area (TPSA) is 179 Å². The quantitative estimate of drug-likeness (QED) is 0.118. The van der Waals surface area contributed by atoms with Gasteiger partial charge in [-0.2, -0.15) is 0 Å². The molecule has 4 aromatic heterocycles. The average Bonchev–Trinajstić information content (AvgIpc) is 4.53. The van der Waals surface area contributed by atoms with Crippen LogP contribution >= 0.6 is 11.3 Å². The van der Waals surface area contributed by atoms with E-state index in [4.69, 9.17) is 33.7 Å². The average molecular weight is 1100 g/mol. The van der Waals surface area contributed by atoms with E-state index in [1.165, 1.54) is 30.5 Å². The fourth-order valence-corrected chi connectivity index (χ4v) is 14.2. The van der Waals surface area contributed by atoms with E-state index in [2.05, 4.69) is 91.9 Å². The number of anilines is 1. The Morgan fingerprint density at radius 3 is 2.48 bits per heavy atom. The second kappa shape index (κ2) is 23.2. The minimum absolute atomic E-state index is 0.0218. The number of piperidine rings is 1. The van der Waals surface area contributed by atoms with Crippen molar-refractivity contribution in [2.75, 3.05) is 104 Å². The molecule has 0 spiro atoms. The molecule has 19 heteroatoms. The number of aromatic nitrogens is 5. The number of hydrogen-bond donors (Lipinski definition) is 1. The number of nitrogens with zero attached hydrogens (tertiary/aromatic N) is 9. The molecule has 9 heterocycles. The van der Waals surface area contributed by atoms with Gasteiger partial charge in [0.15, 0.2) is 0 Å². The molecular formula is C60H78N10O8S. The second-order valence-electron chi connectivity index (χ2n) is 23.9. The Balaban J connectivity index is 0.992. The predicted octanol–water partition coefficient (Wildman–Crippen LogP) is 7.08. The van der Waals surface area contributed by atoms with E-state index in [9.17, 15) is 9.59 Å². The molecule has 79 heavy (non-hydrogen) atoms. The highest BCUT2D eigenvalue weighted by Gasteiger charge is 2.55. The number of morpholine rings is 1. The van der Waals surface area contributed by atoms with Gasteiger partial charge in [0.25, 0.3) is 0 Å². The standard InChI is InChI=1S/C60H78N10O8S/c1-37-50(47-12-15-61-36-63-47)51(37)56(71)65-53-55(68-21-26-76-27-22-68)57-64-48(34-79-57)39-8-11-49-44(29-39)46(31-60(3,4)35-78-59(73)40-7-6-16-69(33-40)58(53)72)54(70(49)23-28-77-43-13-24-75-25-14-43)45-30-42(32-62-52(45)38(2)74-5)67-19-17-66(18-20-67)41-9-10-41/h8,11-12,15,29-30,32,34,36-38,40-41,43,50-51,53,55H,6-7,9-10,13-14,16-28,31,33,35H2,1-5H3,(H,65,71)/t37-,38-,40+,50-,51+,53-,55-/m0/s1. The molecule has 0 radical (unpaired) electrons. The van der Waals surface area contributed by atoms with Gasteiger partial charge < -0.3 is 43.4 Å². The number of nitrogens with one attached hydrogen (secondary N) is 1. The number of rotatable bonds is 13. The molecule has 7 aliphatic rings. The van der Waals surface area contributed by atoms with Gasteiger partial charge in [0.1, 0.15) is 17.4 Å². The zero-order valence-electron chi connectivity index (χ0n) is 46.6. The number of amides is 2. The first-order valence-electron chi connectivity index (χ1n) is 29.1. The van der Waals surface area contributed by atoms with E-state index in [-0.39, 0.29) is 60.9 Å². The van der Waals surface area contributed by atoms with Crippen molar-refractivity contribution in [1.82, 2.24) is 44.5 Å². The molecule has 6 fully saturated rings. The Bertz CT molecular complexity index is 2980. The van der Waals surface area contributed by atoms with Gasteiger partial charge in [0.2, 0.25) is 11.8 Å². The summed E-state index contributed by atoms with van der Waals surface area (Å²) >= 11 is 1.51. The van der Waals surface area contributed by atoms with Gasteiger partial charge in [-0.15, -0.1) is 11.3 Å². The number of fused-ring (bicyclic) bond motifs is 6. The Morgan fingerprint density at radius 2 is 1.72 bits per heavy atom. The summed E-state index contributed by atoms with van der Waals surface area (Å²) in [6.07, 6.45) is 11.2. The van der Waals surface area contributed by atoms with E-state index < -0.39 is 23.4 Å². The molecule has 5 aromatic rings. The number of ether oxygens (including phenoxy) is 5. The summed E-state index contributed by atoms with van der Waals surface area (Å²) < 4.78 is 33.3. The van der Waals surface area contributed by atoms with Crippen molar-refractivity contribution in [3.05, 3.63) is 76.4 Å². The van der Waals surface area contributed by atoms with Crippen LogP contribution < -0.4 is 10.2 Å². The summed E-state index contributed by atoms with van der Waals surface area (Å²) in [5, 5.41) is 7.23. The lowest BCUT2D eigenvalue weighted by atomic mass is 9.84. The minimum atomic E-state index is -1.000. The molecule has 422 valence electrons. The first kappa shape index (κ1) is 54.2. The highest BCUT2D eigenvalue weighted by Crippen LogP contribution is 2.53. The predicted molar refractivity (Wildman–Crippen MR) is 301 cm³/mol. The minimum Gasteiger partial charge on any atom is -0.465 e. The Morgan fingerprint density at radius 1 is 0.924 bits per heavy atom. The van der Waals surface area contributed by atoms with Crippen molar-refractivity contribution in [3.8, 4) is 22.5 Å². The number of methoxy groups -OCH3 is 1. The van der Waals surface area contributed by atoms with Crippen LogP contribution in [0.25, 0.3) is 33.4 Å². The Hall–Kier alpha value is -5.41. The van der Waals surface area contributed by atoms with Crippen LogP contribution in [0.1, 0.15) is 106 Å². The molecule has 6 bridgehead atoms. The van der Waals surface area contributed by atoms with E-state index in [1.807, 2.05) is 12.3 Å². The largest absolute Gasteiger partial charge is 0.465 e. The lowest BCUT2D eigenvalue weighted by Crippen LogP contribution is -2.58. The molecule has 2 amide bonds. The summed E-state index contributed by atoms with van der Waals surface area (Å²) in [5.41, 5.74) is 8.18. The van der Waals surface area contributed by atoms with Gasteiger partial charge in [-0.05, 0) is 87.6 Å². The Kier molecular flexibility index (Phi) is 15.9. The molecule has 2 saturated carbocycles. The monoisotopic (exact) mass is 1100 g/mol. The van der Waals surface area contributed by atoms with Crippen LogP contribution in [0.15, 0.2) is 54.4 Å². The SMILES string of the molecule is CO[C@@H](C)c1ncc(N2CCN(C3CC3)CC2)cc1-c1c2c3cc(ccc3n1CCOC1CCOCC1)-c1csc(n1)[C@@H](N1CCOCC1)[C@H](NC(=O)[C@@H]1[C@@H](C)[C@H]1c1ccncn1)C(=O)N1CCC[C@H](C1)C(=O)OCC(C)(C)C2. The molecule has 1 aromatic carbocycles. The maximum absolute atomic E-state index is 15.5. The van der Waals surface area contributed by atoms with Crippen molar-refractivity contribution >= 4 is 45.7 Å². The van der Waals surface area contributed by atoms with Crippen molar-refractivity contribution in [1.29, 1.82) is 0 Å². The molecule has 0 unspecified atom stereocenters. The van der Waals surface area contributed by atoms with E-state index in [0.29, 0.717) is 78.5 Å². The summed E-state index contributed by atoms with van der Waals surface area (Å²) in [5.74, 6) is -1.72. The first-order valence-corrected chi connectivity index (χ1v) is 30.0. The molecule has 18 nitrogen and oxygen atoms in total. The third kappa shape index (κ3) is 11.5. The number of carbonyl (C=O) groups is 3. The number of cyclic esters (lactones) is 1. The maximum atomic E-state index is 15.5. The molecule has 12 rings (SSSR count). The van der Waals surface area contributed by atoms with E-state index in [1.54, 1.807) is 18.2 Å². The summed E-state index contributed by atoms with van der Waals surface area (Å²) in [4.78, 5) is 73.2. The van der Waals surface area contributed by atoms with Gasteiger partial charge in [-0.1, -0.05) is 26.8 Å². The number of pyridine rings is 1. The normalized spacial score (nSPS) is 26.9. The molecule has 7 atom stereocenters. The second-order valence-corrected chi connectivity index (χ2v) is 24.8. The lowest BCUT2D eigenvalue weighted by Gasteiger charge is -2.41. The van der Waals surface area contributed by atoms with Gasteiger partial charge in [0.05, 0.1) is 79.6 Å². The lowest BCUT2D eigenvalue weighted by molar-refractivity contribution is -0.155. The van der Waals surface area contributed by atoms with Crippen LogP contribution in [0.4, 0.5) is 5.69 Å². The highest BCUT2D eigenvalue weighted by molar-refractivity contribution is 7.10. The summed E-state index contributed by atoms with van der Waals surface area (Å²) in [6.45, 7) is 17.8. The van der Waals surface area contributed by atoms with Crippen molar-refractivity contribution in [2.45, 2.75) is 115 Å². The maximum Gasteiger partial charge on any atom is 0.310 e. The van der Waals surface area contributed by atoms with Crippen LogP contribution in [-0.4, -0.2) is 174 Å². The third-order valence-corrected chi connectivity index (χ3v) is 18.9. The molecular weight excluding hydrogens is 1020 g/mol. The Labute approximate surface area is 467 Å². The summed E-state index contributed by atoms with van der Waals surface area (Å²) in [7, 11) is 1.75. The van der Waals surface area contributed by atoms with Gasteiger partial charge in [0, 0.05) is 142 Å². The van der Waals surface area contributed by atoms with Crippen LogP contribution in [-0.2, 0) is 51.0 Å². The van der Waals surface area contributed by atoms with E-state index in [0.717, 1.165) is 106 Å². The third-order valence-electron chi connectivity index (χ3n) is 18.0. The number of hydrogen-bond acceptors (Lipinski definition) is 16. The van der Waals surface area contributed by atoms with Crippen LogP contribution in [0.3, 0.4) is 0 Å². The van der Waals surface area contributed by atoms with Gasteiger partial charge in [-0.25, -0.2) is 15.0 Å². The van der Waals surface area contributed by atoms with Crippen LogP contribution in [0.2, 0.25) is 0 Å².